The molecule has 8 heteroatoms. The highest BCUT2D eigenvalue weighted by Gasteiger charge is 2.12. The zero-order chi connectivity index (χ0) is 15.9. The van der Waals surface area contributed by atoms with Crippen molar-refractivity contribution in [3.63, 3.8) is 0 Å². The van der Waals surface area contributed by atoms with Crippen molar-refractivity contribution < 1.29 is 9.00 Å². The Bertz CT molecular complexity index is 643. The third-order valence-corrected chi connectivity index (χ3v) is 4.71. The van der Waals surface area contributed by atoms with Crippen LogP contribution in [0.2, 0.25) is 0 Å². The van der Waals surface area contributed by atoms with Crippen LogP contribution in [0.1, 0.15) is 19.5 Å². The number of rotatable bonds is 7. The Labute approximate surface area is 135 Å². The third kappa shape index (κ3) is 5.27. The number of aromatic nitrogens is 3. The third-order valence-electron chi connectivity index (χ3n) is 2.62. The molecule has 1 amide bonds. The van der Waals surface area contributed by atoms with Crippen LogP contribution in [-0.4, -0.2) is 37.4 Å². The Morgan fingerprint density at radius 2 is 2.09 bits per heavy atom. The second kappa shape index (κ2) is 8.09. The van der Waals surface area contributed by atoms with Crippen LogP contribution in [0.4, 0.5) is 0 Å². The van der Waals surface area contributed by atoms with E-state index in [1.54, 1.807) is 18.5 Å². The minimum Gasteiger partial charge on any atom is -0.355 e. The van der Waals surface area contributed by atoms with E-state index in [4.69, 9.17) is 0 Å². The Balaban J connectivity index is 1.87. The first-order valence-electron chi connectivity index (χ1n) is 6.88. The molecule has 0 bridgehead atoms. The summed E-state index contributed by atoms with van der Waals surface area (Å²) in [4.78, 5) is 24.3. The van der Waals surface area contributed by atoms with Crippen LogP contribution in [0.15, 0.2) is 23.8 Å². The molecule has 0 fully saturated rings. The molecule has 1 N–H and O–H groups in total. The molecule has 0 aliphatic rings. The normalized spacial score (nSPS) is 12.3. The number of carbonyl (C=O) groups excluding carboxylic acids is 1. The van der Waals surface area contributed by atoms with Gasteiger partial charge in [-0.3, -0.25) is 9.00 Å². The summed E-state index contributed by atoms with van der Waals surface area (Å²) in [7, 11) is -1.27. The molecule has 0 aliphatic carbocycles. The fourth-order valence-corrected chi connectivity index (χ4v) is 3.46. The van der Waals surface area contributed by atoms with E-state index < -0.39 is 10.8 Å². The summed E-state index contributed by atoms with van der Waals surface area (Å²) in [5.41, 5.74) is 0.697. The molecule has 22 heavy (non-hydrogen) atoms. The zero-order valence-electron chi connectivity index (χ0n) is 12.5. The van der Waals surface area contributed by atoms with Gasteiger partial charge in [-0.05, 0) is 12.0 Å². The Morgan fingerprint density at radius 1 is 1.36 bits per heavy atom. The average molecular weight is 338 g/mol. The lowest BCUT2D eigenvalue weighted by molar-refractivity contribution is -0.118. The minimum atomic E-state index is -1.27. The number of thiazole rings is 1. The molecule has 1 unspecified atom stereocenters. The van der Waals surface area contributed by atoms with Gasteiger partial charge in [0.05, 0.1) is 11.4 Å². The highest BCUT2D eigenvalue weighted by atomic mass is 32.2. The molecule has 1 atom stereocenters. The first kappa shape index (κ1) is 16.7. The summed E-state index contributed by atoms with van der Waals surface area (Å²) in [5.74, 6) is 1.01. The summed E-state index contributed by atoms with van der Waals surface area (Å²) in [6.45, 7) is 4.63. The van der Waals surface area contributed by atoms with Crippen molar-refractivity contribution in [2.24, 2.45) is 5.92 Å². The van der Waals surface area contributed by atoms with Gasteiger partial charge in [0.25, 0.3) is 0 Å². The number of hydrogen-bond donors (Lipinski definition) is 1. The minimum absolute atomic E-state index is 0.00141. The molecule has 2 aromatic rings. The SMILES string of the molecule is CC(C)CNC(=O)CS(=O)Cc1csc(-c2ncccn2)n1. The van der Waals surface area contributed by atoms with E-state index in [1.165, 1.54) is 11.3 Å². The molecule has 0 spiro atoms. The lowest BCUT2D eigenvalue weighted by Gasteiger charge is -2.06. The van der Waals surface area contributed by atoms with Gasteiger partial charge in [-0.2, -0.15) is 0 Å². The summed E-state index contributed by atoms with van der Waals surface area (Å²) in [5, 5.41) is 5.28. The van der Waals surface area contributed by atoms with Gasteiger partial charge in [-0.25, -0.2) is 15.0 Å². The maximum atomic E-state index is 12.0. The summed E-state index contributed by atoms with van der Waals surface area (Å²) >= 11 is 1.41. The molecule has 2 heterocycles. The second-order valence-corrected chi connectivity index (χ2v) is 7.46. The smallest absolute Gasteiger partial charge is 0.232 e. The largest absolute Gasteiger partial charge is 0.355 e. The van der Waals surface area contributed by atoms with Gasteiger partial charge in [0.1, 0.15) is 5.75 Å². The van der Waals surface area contributed by atoms with Gasteiger partial charge in [0.2, 0.25) is 5.91 Å². The maximum absolute atomic E-state index is 12.0. The van der Waals surface area contributed by atoms with Gasteiger partial charge < -0.3 is 5.32 Å². The van der Waals surface area contributed by atoms with Crippen LogP contribution in [0.25, 0.3) is 10.8 Å². The van der Waals surface area contributed by atoms with Crippen LogP contribution in [0, 0.1) is 5.92 Å². The Morgan fingerprint density at radius 3 is 2.77 bits per heavy atom. The lowest BCUT2D eigenvalue weighted by atomic mass is 10.2. The quantitative estimate of drug-likeness (QED) is 0.829. The molecule has 2 aromatic heterocycles. The number of carbonyl (C=O) groups is 1. The van der Waals surface area contributed by atoms with Crippen molar-refractivity contribution in [1.82, 2.24) is 20.3 Å². The van der Waals surface area contributed by atoms with E-state index in [0.29, 0.717) is 29.0 Å². The van der Waals surface area contributed by atoms with Crippen LogP contribution in [0.3, 0.4) is 0 Å². The molecule has 0 saturated heterocycles. The number of amides is 1. The van der Waals surface area contributed by atoms with Crippen molar-refractivity contribution in [2.45, 2.75) is 19.6 Å². The van der Waals surface area contributed by atoms with Crippen molar-refractivity contribution in [2.75, 3.05) is 12.3 Å². The van der Waals surface area contributed by atoms with Gasteiger partial charge in [0.15, 0.2) is 10.8 Å². The van der Waals surface area contributed by atoms with Crippen molar-refractivity contribution >= 4 is 28.0 Å². The van der Waals surface area contributed by atoms with Crippen LogP contribution in [0.5, 0.6) is 0 Å². The van der Waals surface area contributed by atoms with Gasteiger partial charge in [-0.15, -0.1) is 11.3 Å². The fraction of sp³-hybridized carbons (Fsp3) is 0.429. The number of nitrogens with zero attached hydrogens (tertiary/aromatic N) is 3. The van der Waals surface area contributed by atoms with Crippen LogP contribution in [-0.2, 0) is 21.3 Å². The highest BCUT2D eigenvalue weighted by molar-refractivity contribution is 7.84. The van der Waals surface area contributed by atoms with E-state index >= 15 is 0 Å². The highest BCUT2D eigenvalue weighted by Crippen LogP contribution is 2.20. The standard InChI is InChI=1S/C14H18N4O2S2/c1-10(2)6-17-12(19)9-22(20)8-11-7-21-14(18-11)13-15-4-3-5-16-13/h3-5,7,10H,6,8-9H2,1-2H3,(H,17,19). The van der Waals surface area contributed by atoms with Crippen molar-refractivity contribution in [1.29, 1.82) is 0 Å². The molecular formula is C14H18N4O2S2. The van der Waals surface area contributed by atoms with E-state index in [0.717, 1.165) is 0 Å². The average Bonchev–Trinajstić information content (AvgIpc) is 2.94. The number of nitrogens with one attached hydrogen (secondary N) is 1. The van der Waals surface area contributed by atoms with E-state index in [9.17, 15) is 9.00 Å². The summed E-state index contributed by atoms with van der Waals surface area (Å²) in [6.07, 6.45) is 3.31. The molecule has 0 aliphatic heterocycles. The molecular weight excluding hydrogens is 320 g/mol. The zero-order valence-corrected chi connectivity index (χ0v) is 14.1. The molecule has 0 radical (unpaired) electrons. The lowest BCUT2D eigenvalue weighted by Crippen LogP contribution is -2.31. The van der Waals surface area contributed by atoms with Gasteiger partial charge in [0, 0.05) is 35.1 Å². The van der Waals surface area contributed by atoms with E-state index in [2.05, 4.69) is 20.3 Å². The second-order valence-electron chi connectivity index (χ2n) is 5.14. The van der Waals surface area contributed by atoms with Gasteiger partial charge in [-0.1, -0.05) is 13.8 Å². The van der Waals surface area contributed by atoms with Crippen LogP contribution >= 0.6 is 11.3 Å². The molecule has 0 aromatic carbocycles. The van der Waals surface area contributed by atoms with Crippen molar-refractivity contribution in [3.8, 4) is 10.8 Å². The summed E-state index contributed by atoms with van der Waals surface area (Å²) in [6, 6.07) is 1.74. The van der Waals surface area contributed by atoms with Crippen LogP contribution < -0.4 is 5.32 Å². The predicted octanol–water partition coefficient (Wildman–Crippen LogP) is 1.62. The topological polar surface area (TPSA) is 84.8 Å². The fourth-order valence-electron chi connectivity index (χ4n) is 1.62. The molecule has 118 valence electrons. The monoisotopic (exact) mass is 338 g/mol. The first-order chi connectivity index (χ1) is 10.5. The maximum Gasteiger partial charge on any atom is 0.232 e. The van der Waals surface area contributed by atoms with Crippen molar-refractivity contribution in [3.05, 3.63) is 29.5 Å². The Kier molecular flexibility index (Phi) is 6.14. The van der Waals surface area contributed by atoms with E-state index in [-0.39, 0.29) is 17.4 Å². The summed E-state index contributed by atoms with van der Waals surface area (Å²) < 4.78 is 12.0. The van der Waals surface area contributed by atoms with Gasteiger partial charge >= 0.3 is 0 Å². The predicted molar refractivity (Wildman–Crippen MR) is 87.7 cm³/mol. The first-order valence-corrected chi connectivity index (χ1v) is 9.25. The molecule has 6 nitrogen and oxygen atoms in total. The molecule has 2 rings (SSSR count). The number of hydrogen-bond acceptors (Lipinski definition) is 6. The van der Waals surface area contributed by atoms with E-state index in [1.807, 2.05) is 19.2 Å². The Hall–Kier alpha value is -1.67. The molecule has 0 saturated carbocycles.